The van der Waals surface area contributed by atoms with Crippen LogP contribution in [0.1, 0.15) is 18.4 Å². The van der Waals surface area contributed by atoms with E-state index in [1.54, 1.807) is 0 Å². The molecule has 3 rings (SSSR count). The highest BCUT2D eigenvalue weighted by atomic mass is 35.5. The molecule has 2 aromatic rings. The van der Waals surface area contributed by atoms with E-state index in [-0.39, 0.29) is 6.10 Å². The van der Waals surface area contributed by atoms with Crippen LogP contribution in [0.25, 0.3) is 0 Å². The number of halogens is 1. The molecule has 1 fully saturated rings. The van der Waals surface area contributed by atoms with Crippen LogP contribution in [0, 0.1) is 0 Å². The number of hydrogen-bond donors (Lipinski definition) is 1. The maximum atomic E-state index is 5.90. The molecule has 0 aromatic heterocycles. The fourth-order valence-corrected chi connectivity index (χ4v) is 2.79. The van der Waals surface area contributed by atoms with Crippen LogP contribution in [0.5, 0.6) is 5.75 Å². The summed E-state index contributed by atoms with van der Waals surface area (Å²) in [6, 6.07) is 16.1. The predicted molar refractivity (Wildman–Crippen MR) is 94.6 cm³/mol. The van der Waals surface area contributed by atoms with E-state index in [1.807, 2.05) is 30.3 Å². The Bertz CT molecular complexity index is 609. The SMILES string of the molecule is Clc1ccc(CCNc2cccc(OCC3CCCO3)c2)cc1. The zero-order valence-corrected chi connectivity index (χ0v) is 13.9. The number of anilines is 1. The van der Waals surface area contributed by atoms with Crippen LogP contribution in [0.2, 0.25) is 5.02 Å². The summed E-state index contributed by atoms with van der Waals surface area (Å²) in [5.41, 5.74) is 2.34. The van der Waals surface area contributed by atoms with E-state index < -0.39 is 0 Å². The van der Waals surface area contributed by atoms with Crippen molar-refractivity contribution in [1.82, 2.24) is 0 Å². The van der Waals surface area contributed by atoms with Crippen LogP contribution < -0.4 is 10.1 Å². The highest BCUT2D eigenvalue weighted by Gasteiger charge is 2.15. The van der Waals surface area contributed by atoms with Crippen molar-refractivity contribution in [2.45, 2.75) is 25.4 Å². The Balaban J connectivity index is 1.46. The summed E-state index contributed by atoms with van der Waals surface area (Å²) in [4.78, 5) is 0. The predicted octanol–water partition coefficient (Wildman–Crippen LogP) is 4.55. The van der Waals surface area contributed by atoms with E-state index in [1.165, 1.54) is 5.56 Å². The lowest BCUT2D eigenvalue weighted by Crippen LogP contribution is -2.16. The largest absolute Gasteiger partial charge is 0.491 e. The van der Waals surface area contributed by atoms with E-state index in [0.717, 1.165) is 48.9 Å². The Hall–Kier alpha value is -1.71. The van der Waals surface area contributed by atoms with Gasteiger partial charge in [0.1, 0.15) is 12.4 Å². The van der Waals surface area contributed by atoms with Crippen LogP contribution in [0.3, 0.4) is 0 Å². The fraction of sp³-hybridized carbons (Fsp3) is 0.368. The summed E-state index contributed by atoms with van der Waals surface area (Å²) in [5, 5.41) is 4.21. The summed E-state index contributed by atoms with van der Waals surface area (Å²) >= 11 is 5.90. The molecule has 0 aliphatic carbocycles. The Labute approximate surface area is 142 Å². The first kappa shape index (κ1) is 16.2. The minimum absolute atomic E-state index is 0.247. The van der Waals surface area contributed by atoms with Crippen molar-refractivity contribution in [3.8, 4) is 5.75 Å². The van der Waals surface area contributed by atoms with Crippen molar-refractivity contribution in [2.24, 2.45) is 0 Å². The van der Waals surface area contributed by atoms with Crippen molar-refractivity contribution in [1.29, 1.82) is 0 Å². The molecule has 1 N–H and O–H groups in total. The van der Waals surface area contributed by atoms with Crippen molar-refractivity contribution in [2.75, 3.05) is 25.1 Å². The zero-order chi connectivity index (χ0) is 15.9. The first-order chi connectivity index (χ1) is 11.3. The Morgan fingerprint density at radius 2 is 2.04 bits per heavy atom. The monoisotopic (exact) mass is 331 g/mol. The number of ether oxygens (including phenoxy) is 2. The molecule has 2 aromatic carbocycles. The molecule has 0 bridgehead atoms. The Morgan fingerprint density at radius 3 is 2.83 bits per heavy atom. The first-order valence-corrected chi connectivity index (χ1v) is 8.50. The fourth-order valence-electron chi connectivity index (χ4n) is 2.66. The smallest absolute Gasteiger partial charge is 0.121 e. The second-order valence-electron chi connectivity index (χ2n) is 5.78. The first-order valence-electron chi connectivity index (χ1n) is 8.12. The Morgan fingerprint density at radius 1 is 1.17 bits per heavy atom. The van der Waals surface area contributed by atoms with Gasteiger partial charge >= 0.3 is 0 Å². The van der Waals surface area contributed by atoms with Gasteiger partial charge in [0.05, 0.1) is 6.10 Å². The summed E-state index contributed by atoms with van der Waals surface area (Å²) in [7, 11) is 0. The van der Waals surface area contributed by atoms with Gasteiger partial charge in [0.15, 0.2) is 0 Å². The maximum absolute atomic E-state index is 5.90. The zero-order valence-electron chi connectivity index (χ0n) is 13.1. The number of benzene rings is 2. The van der Waals surface area contributed by atoms with Gasteiger partial charge in [0, 0.05) is 29.9 Å². The van der Waals surface area contributed by atoms with Crippen LogP contribution in [-0.2, 0) is 11.2 Å². The molecule has 0 radical (unpaired) electrons. The maximum Gasteiger partial charge on any atom is 0.121 e. The van der Waals surface area contributed by atoms with Crippen LogP contribution >= 0.6 is 11.6 Å². The van der Waals surface area contributed by atoms with Gasteiger partial charge in [-0.15, -0.1) is 0 Å². The molecular weight excluding hydrogens is 310 g/mol. The third-order valence-corrected chi connectivity index (χ3v) is 4.20. The molecule has 23 heavy (non-hydrogen) atoms. The third kappa shape index (κ3) is 5.15. The molecule has 1 heterocycles. The molecule has 1 unspecified atom stereocenters. The van der Waals surface area contributed by atoms with Gasteiger partial charge in [-0.1, -0.05) is 29.8 Å². The van der Waals surface area contributed by atoms with Crippen molar-refractivity contribution >= 4 is 17.3 Å². The molecule has 3 nitrogen and oxygen atoms in total. The topological polar surface area (TPSA) is 30.5 Å². The summed E-state index contributed by atoms with van der Waals surface area (Å²) < 4.78 is 11.4. The molecule has 1 atom stereocenters. The lowest BCUT2D eigenvalue weighted by Gasteiger charge is -2.13. The summed E-state index contributed by atoms with van der Waals surface area (Å²) in [6.45, 7) is 2.37. The minimum Gasteiger partial charge on any atom is -0.491 e. The number of rotatable bonds is 7. The van der Waals surface area contributed by atoms with Crippen molar-refractivity contribution in [3.63, 3.8) is 0 Å². The van der Waals surface area contributed by atoms with Gasteiger partial charge in [-0.05, 0) is 49.1 Å². The van der Waals surface area contributed by atoms with Gasteiger partial charge in [-0.3, -0.25) is 0 Å². The molecule has 122 valence electrons. The van der Waals surface area contributed by atoms with E-state index in [9.17, 15) is 0 Å². The standard InChI is InChI=1S/C19H22ClNO2/c20-16-8-6-15(7-9-16)10-11-21-17-3-1-4-18(13-17)23-14-19-5-2-12-22-19/h1,3-4,6-9,13,19,21H,2,5,10-12,14H2. The van der Waals surface area contributed by atoms with Crippen molar-refractivity contribution < 1.29 is 9.47 Å². The van der Waals surface area contributed by atoms with Gasteiger partial charge in [0.2, 0.25) is 0 Å². The lowest BCUT2D eigenvalue weighted by molar-refractivity contribution is 0.0680. The molecule has 1 saturated heterocycles. The van der Waals surface area contributed by atoms with Crippen LogP contribution in [0.15, 0.2) is 48.5 Å². The second kappa shape index (κ2) is 8.23. The van der Waals surface area contributed by atoms with E-state index in [4.69, 9.17) is 21.1 Å². The Kier molecular flexibility index (Phi) is 5.78. The number of hydrogen-bond acceptors (Lipinski definition) is 3. The summed E-state index contributed by atoms with van der Waals surface area (Å²) in [6.07, 6.45) is 3.44. The van der Waals surface area contributed by atoms with Crippen LogP contribution in [-0.4, -0.2) is 25.9 Å². The van der Waals surface area contributed by atoms with Crippen LogP contribution in [0.4, 0.5) is 5.69 Å². The van der Waals surface area contributed by atoms with E-state index in [0.29, 0.717) is 6.61 Å². The molecule has 4 heteroatoms. The van der Waals surface area contributed by atoms with Gasteiger partial charge in [-0.25, -0.2) is 0 Å². The normalized spacial score (nSPS) is 17.2. The highest BCUT2D eigenvalue weighted by molar-refractivity contribution is 6.30. The van der Waals surface area contributed by atoms with E-state index in [2.05, 4.69) is 23.5 Å². The van der Waals surface area contributed by atoms with Gasteiger partial charge in [-0.2, -0.15) is 0 Å². The number of nitrogens with one attached hydrogen (secondary N) is 1. The molecule has 1 aliphatic heterocycles. The third-order valence-electron chi connectivity index (χ3n) is 3.95. The minimum atomic E-state index is 0.247. The quantitative estimate of drug-likeness (QED) is 0.807. The molecular formula is C19H22ClNO2. The molecule has 1 aliphatic rings. The highest BCUT2D eigenvalue weighted by Crippen LogP contribution is 2.20. The van der Waals surface area contributed by atoms with Gasteiger partial charge in [0.25, 0.3) is 0 Å². The molecule has 0 saturated carbocycles. The lowest BCUT2D eigenvalue weighted by atomic mass is 10.1. The molecule has 0 spiro atoms. The summed E-state index contributed by atoms with van der Waals surface area (Å²) in [5.74, 6) is 0.886. The van der Waals surface area contributed by atoms with Crippen molar-refractivity contribution in [3.05, 3.63) is 59.1 Å². The average molecular weight is 332 g/mol. The molecule has 0 amide bonds. The van der Waals surface area contributed by atoms with E-state index >= 15 is 0 Å². The second-order valence-corrected chi connectivity index (χ2v) is 6.21. The average Bonchev–Trinajstić information content (AvgIpc) is 3.09. The van der Waals surface area contributed by atoms with Gasteiger partial charge < -0.3 is 14.8 Å².